The molecule has 0 radical (unpaired) electrons. The molecule has 3 aliphatic rings. The Hall–Kier alpha value is -1.14. The summed E-state index contributed by atoms with van der Waals surface area (Å²) >= 11 is 0. The van der Waals surface area contributed by atoms with E-state index in [0.29, 0.717) is 32.9 Å². The van der Waals surface area contributed by atoms with E-state index in [4.69, 9.17) is 9.47 Å². The molecule has 2 saturated heterocycles. The summed E-state index contributed by atoms with van der Waals surface area (Å²) in [4.78, 5) is 27.6. The molecule has 2 heterocycles. The maximum absolute atomic E-state index is 12.9. The molecule has 0 aromatic heterocycles. The highest BCUT2D eigenvalue weighted by molar-refractivity contribution is 5.84. The molecule has 1 spiro atoms. The third kappa shape index (κ3) is 3.59. The van der Waals surface area contributed by atoms with E-state index in [1.807, 2.05) is 4.90 Å². The average molecular weight is 338 g/mol. The predicted octanol–water partition coefficient (Wildman–Crippen LogP) is 1.19. The average Bonchev–Trinajstić information content (AvgIpc) is 3.23. The minimum Gasteiger partial charge on any atom is -0.383 e. The van der Waals surface area contributed by atoms with Gasteiger partial charge in [0.15, 0.2) is 0 Å². The number of methoxy groups -OCH3 is 1. The Kier molecular flexibility index (Phi) is 5.76. The molecule has 3 rings (SSSR count). The third-order valence-electron chi connectivity index (χ3n) is 6.05. The summed E-state index contributed by atoms with van der Waals surface area (Å²) in [6, 6.07) is 0. The molecule has 6 nitrogen and oxygen atoms in total. The largest absolute Gasteiger partial charge is 0.383 e. The topological polar surface area (TPSA) is 67.9 Å². The Balaban J connectivity index is 1.66. The quantitative estimate of drug-likeness (QED) is 0.765. The Morgan fingerprint density at radius 2 is 1.96 bits per heavy atom. The molecule has 1 saturated carbocycles. The van der Waals surface area contributed by atoms with E-state index < -0.39 is 0 Å². The number of amides is 2. The van der Waals surface area contributed by atoms with Gasteiger partial charge in [0.05, 0.1) is 12.5 Å². The van der Waals surface area contributed by atoms with Crippen LogP contribution >= 0.6 is 0 Å². The fourth-order valence-electron chi connectivity index (χ4n) is 4.69. The second-order valence-electron chi connectivity index (χ2n) is 7.51. The molecule has 6 heteroatoms. The summed E-state index contributed by atoms with van der Waals surface area (Å²) in [5.41, 5.74) is -0.00200. The number of nitrogens with zero attached hydrogens (tertiary/aromatic N) is 1. The van der Waals surface area contributed by atoms with Gasteiger partial charge in [-0.1, -0.05) is 12.8 Å². The van der Waals surface area contributed by atoms with Gasteiger partial charge in [0, 0.05) is 51.3 Å². The first-order valence-electron chi connectivity index (χ1n) is 9.29. The van der Waals surface area contributed by atoms with Crippen LogP contribution in [0.5, 0.6) is 0 Å². The van der Waals surface area contributed by atoms with Crippen molar-refractivity contribution in [1.29, 1.82) is 0 Å². The van der Waals surface area contributed by atoms with Gasteiger partial charge in [0.2, 0.25) is 11.8 Å². The molecule has 0 bridgehead atoms. The molecular weight excluding hydrogens is 308 g/mol. The van der Waals surface area contributed by atoms with Gasteiger partial charge < -0.3 is 19.7 Å². The van der Waals surface area contributed by atoms with Crippen LogP contribution in [-0.4, -0.2) is 63.3 Å². The lowest BCUT2D eigenvalue weighted by molar-refractivity contribution is -0.138. The number of hydrogen-bond acceptors (Lipinski definition) is 4. The van der Waals surface area contributed by atoms with Crippen LogP contribution in [0, 0.1) is 17.3 Å². The number of nitrogens with one attached hydrogen (secondary N) is 1. The minimum atomic E-state index is -0.0688. The lowest BCUT2D eigenvalue weighted by Gasteiger charge is -2.29. The highest BCUT2D eigenvalue weighted by Crippen LogP contribution is 2.49. The van der Waals surface area contributed by atoms with E-state index in [-0.39, 0.29) is 29.1 Å². The van der Waals surface area contributed by atoms with Crippen LogP contribution in [0.1, 0.15) is 38.5 Å². The fraction of sp³-hybridized carbons (Fsp3) is 0.889. The van der Waals surface area contributed by atoms with Gasteiger partial charge >= 0.3 is 0 Å². The van der Waals surface area contributed by atoms with Gasteiger partial charge in [-0.25, -0.2) is 0 Å². The van der Waals surface area contributed by atoms with Gasteiger partial charge in [0.1, 0.15) is 0 Å². The molecule has 1 atom stereocenters. The van der Waals surface area contributed by atoms with Crippen LogP contribution in [0.15, 0.2) is 0 Å². The summed E-state index contributed by atoms with van der Waals surface area (Å²) < 4.78 is 10.4. The normalized spacial score (nSPS) is 26.9. The summed E-state index contributed by atoms with van der Waals surface area (Å²) in [5.74, 6) is 0.334. The molecule has 2 aliphatic heterocycles. The van der Waals surface area contributed by atoms with Crippen molar-refractivity contribution < 1.29 is 19.1 Å². The molecule has 3 fully saturated rings. The zero-order valence-corrected chi connectivity index (χ0v) is 14.7. The Morgan fingerprint density at radius 3 is 2.62 bits per heavy atom. The standard InChI is InChI=1S/C18H30N2O4/c1-23-11-8-19-16(21)15-12-20(13-18(15)6-2-3-7-18)17(22)14-4-9-24-10-5-14/h14-15H,2-13H2,1H3,(H,19,21). The number of carbonyl (C=O) groups excluding carboxylic acids is 2. The van der Waals surface area contributed by atoms with Crippen LogP contribution in [0.25, 0.3) is 0 Å². The van der Waals surface area contributed by atoms with Crippen molar-refractivity contribution >= 4 is 11.8 Å². The van der Waals surface area contributed by atoms with Crippen molar-refractivity contribution in [3.63, 3.8) is 0 Å². The van der Waals surface area contributed by atoms with E-state index in [9.17, 15) is 9.59 Å². The first kappa shape index (κ1) is 17.7. The molecule has 0 aromatic rings. The Labute approximate surface area is 144 Å². The van der Waals surface area contributed by atoms with Crippen LogP contribution in [-0.2, 0) is 19.1 Å². The molecule has 1 N–H and O–H groups in total. The zero-order valence-electron chi connectivity index (χ0n) is 14.7. The van der Waals surface area contributed by atoms with E-state index in [1.165, 1.54) is 12.8 Å². The second kappa shape index (κ2) is 7.83. The number of carbonyl (C=O) groups is 2. The number of ether oxygens (including phenoxy) is 2. The lowest BCUT2D eigenvalue weighted by atomic mass is 9.76. The van der Waals surface area contributed by atoms with Crippen molar-refractivity contribution in [2.45, 2.75) is 38.5 Å². The highest BCUT2D eigenvalue weighted by Gasteiger charge is 2.52. The molecule has 1 aliphatic carbocycles. The lowest BCUT2D eigenvalue weighted by Crippen LogP contribution is -2.41. The van der Waals surface area contributed by atoms with Gasteiger partial charge in [-0.05, 0) is 25.7 Å². The van der Waals surface area contributed by atoms with Crippen molar-refractivity contribution in [3.8, 4) is 0 Å². The van der Waals surface area contributed by atoms with Crippen LogP contribution < -0.4 is 5.32 Å². The van der Waals surface area contributed by atoms with Crippen molar-refractivity contribution in [3.05, 3.63) is 0 Å². The van der Waals surface area contributed by atoms with Crippen LogP contribution in [0.3, 0.4) is 0 Å². The first-order chi connectivity index (χ1) is 11.7. The zero-order chi connectivity index (χ0) is 17.0. The molecule has 1 unspecified atom stereocenters. The number of rotatable bonds is 5. The Bertz CT molecular complexity index is 456. The minimum absolute atomic E-state index is 0.00200. The molecule has 24 heavy (non-hydrogen) atoms. The molecular formula is C18H30N2O4. The smallest absolute Gasteiger partial charge is 0.225 e. The first-order valence-corrected chi connectivity index (χ1v) is 9.29. The van der Waals surface area contributed by atoms with Gasteiger partial charge in [-0.15, -0.1) is 0 Å². The summed E-state index contributed by atoms with van der Waals surface area (Å²) in [6.45, 7) is 3.75. The summed E-state index contributed by atoms with van der Waals surface area (Å²) in [6.07, 6.45) is 6.09. The maximum atomic E-state index is 12.9. The number of likely N-dealkylation sites (tertiary alicyclic amines) is 1. The van der Waals surface area contributed by atoms with Crippen molar-refractivity contribution in [1.82, 2.24) is 10.2 Å². The van der Waals surface area contributed by atoms with Crippen LogP contribution in [0.4, 0.5) is 0 Å². The van der Waals surface area contributed by atoms with Gasteiger partial charge in [-0.3, -0.25) is 9.59 Å². The summed E-state index contributed by atoms with van der Waals surface area (Å²) in [7, 11) is 1.63. The maximum Gasteiger partial charge on any atom is 0.225 e. The molecule has 136 valence electrons. The third-order valence-corrected chi connectivity index (χ3v) is 6.05. The monoisotopic (exact) mass is 338 g/mol. The predicted molar refractivity (Wildman–Crippen MR) is 89.4 cm³/mol. The van der Waals surface area contributed by atoms with E-state index in [2.05, 4.69) is 5.32 Å². The summed E-state index contributed by atoms with van der Waals surface area (Å²) in [5, 5.41) is 2.99. The van der Waals surface area contributed by atoms with Crippen molar-refractivity contribution in [2.75, 3.05) is 46.6 Å². The SMILES string of the molecule is COCCNC(=O)C1CN(C(=O)C2CCOCC2)CC12CCCC2. The van der Waals surface area contributed by atoms with E-state index in [1.54, 1.807) is 7.11 Å². The van der Waals surface area contributed by atoms with E-state index in [0.717, 1.165) is 32.2 Å². The van der Waals surface area contributed by atoms with Gasteiger partial charge in [-0.2, -0.15) is 0 Å². The molecule has 2 amide bonds. The van der Waals surface area contributed by atoms with Gasteiger partial charge in [0.25, 0.3) is 0 Å². The second-order valence-corrected chi connectivity index (χ2v) is 7.51. The number of hydrogen-bond donors (Lipinski definition) is 1. The fourth-order valence-corrected chi connectivity index (χ4v) is 4.69. The van der Waals surface area contributed by atoms with Crippen molar-refractivity contribution in [2.24, 2.45) is 17.3 Å². The van der Waals surface area contributed by atoms with Crippen LogP contribution in [0.2, 0.25) is 0 Å². The Morgan fingerprint density at radius 1 is 1.25 bits per heavy atom. The van der Waals surface area contributed by atoms with E-state index >= 15 is 0 Å². The highest BCUT2D eigenvalue weighted by atomic mass is 16.5. The molecule has 0 aromatic carbocycles.